The number of hydrogen-bond acceptors (Lipinski definition) is 8. The second kappa shape index (κ2) is 40.1. The maximum atomic E-state index is 12.7. The summed E-state index contributed by atoms with van der Waals surface area (Å²) in [7, 11) is 5.91. The van der Waals surface area contributed by atoms with E-state index in [1.54, 1.807) is 0 Å². The Balaban J connectivity index is 4.18. The molecule has 2 unspecified atom stereocenters. The monoisotopic (exact) mass is 798 g/mol. The molecule has 332 valence electrons. The number of ether oxygens (including phenoxy) is 4. The predicted molar refractivity (Wildman–Crippen MR) is 228 cm³/mol. The second-order valence-corrected chi connectivity index (χ2v) is 17.4. The summed E-state index contributed by atoms with van der Waals surface area (Å²) in [5, 5.41) is 11.7. The van der Waals surface area contributed by atoms with Crippen molar-refractivity contribution in [3.05, 3.63) is 0 Å². The summed E-state index contributed by atoms with van der Waals surface area (Å²) in [4.78, 5) is 36.8. The standard InChI is InChI=1S/C47H91NO8/c1-6-8-10-12-14-16-17-18-19-20-21-22-23-24-25-26-27-28-29-30-32-34-36-38-45(50)56-43(42-55-47(46(51)52)53-40-39-48(3,4)5)41-54-44(49)37-35-33-31-15-13-11-9-7-2/h43,47H,6-42H2,1-5H3. The number of nitrogens with zero attached hydrogens (tertiary/aromatic N) is 1. The minimum absolute atomic E-state index is 0.153. The fourth-order valence-electron chi connectivity index (χ4n) is 6.89. The van der Waals surface area contributed by atoms with E-state index in [0.717, 1.165) is 38.5 Å². The third-order valence-electron chi connectivity index (χ3n) is 10.6. The SMILES string of the molecule is CCCCCCCCCCCCCCCCCCCCCCCCCC(=O)OC(COC(=O)CCCCCCCCCC)COC(OCC[N+](C)(C)C)C(=O)[O-]. The van der Waals surface area contributed by atoms with Crippen LogP contribution in [0.4, 0.5) is 0 Å². The molecule has 0 saturated carbocycles. The number of carboxylic acids is 1. The Labute approximate surface area is 345 Å². The summed E-state index contributed by atoms with van der Waals surface area (Å²) >= 11 is 0. The number of rotatable bonds is 44. The van der Waals surface area contributed by atoms with Gasteiger partial charge in [-0.05, 0) is 12.8 Å². The van der Waals surface area contributed by atoms with Crippen LogP contribution in [-0.2, 0) is 33.3 Å². The molecule has 0 fully saturated rings. The molecule has 0 radical (unpaired) electrons. The second-order valence-electron chi connectivity index (χ2n) is 17.4. The Hall–Kier alpha value is -1.71. The molecule has 0 rings (SSSR count). The van der Waals surface area contributed by atoms with E-state index in [1.807, 2.05) is 21.1 Å². The first-order chi connectivity index (χ1) is 27.1. The zero-order valence-corrected chi connectivity index (χ0v) is 37.5. The third-order valence-corrected chi connectivity index (χ3v) is 10.6. The van der Waals surface area contributed by atoms with Crippen LogP contribution in [0, 0.1) is 0 Å². The van der Waals surface area contributed by atoms with Crippen molar-refractivity contribution in [2.75, 3.05) is 47.5 Å². The van der Waals surface area contributed by atoms with E-state index in [2.05, 4.69) is 13.8 Å². The largest absolute Gasteiger partial charge is 0.545 e. The van der Waals surface area contributed by atoms with Gasteiger partial charge in [-0.2, -0.15) is 0 Å². The predicted octanol–water partition coefficient (Wildman–Crippen LogP) is 11.2. The van der Waals surface area contributed by atoms with Gasteiger partial charge < -0.3 is 33.3 Å². The molecule has 9 nitrogen and oxygen atoms in total. The molecule has 0 heterocycles. The Bertz CT molecular complexity index is 892. The van der Waals surface area contributed by atoms with E-state index in [-0.39, 0.29) is 32.2 Å². The van der Waals surface area contributed by atoms with Crippen molar-refractivity contribution < 1.29 is 42.9 Å². The van der Waals surface area contributed by atoms with Gasteiger partial charge in [-0.1, -0.05) is 200 Å². The molecule has 0 bridgehead atoms. The molecule has 0 aliphatic heterocycles. The molecular formula is C47H91NO8. The van der Waals surface area contributed by atoms with E-state index in [1.165, 1.54) is 161 Å². The minimum Gasteiger partial charge on any atom is -0.545 e. The van der Waals surface area contributed by atoms with E-state index in [9.17, 15) is 19.5 Å². The van der Waals surface area contributed by atoms with Crippen LogP contribution in [0.15, 0.2) is 0 Å². The normalized spacial score (nSPS) is 12.8. The number of unbranched alkanes of at least 4 members (excludes halogenated alkanes) is 29. The summed E-state index contributed by atoms with van der Waals surface area (Å²) in [6, 6.07) is 0. The van der Waals surface area contributed by atoms with Crippen LogP contribution in [0.25, 0.3) is 0 Å². The molecule has 2 atom stereocenters. The van der Waals surface area contributed by atoms with E-state index in [4.69, 9.17) is 18.9 Å². The fraction of sp³-hybridized carbons (Fsp3) is 0.936. The van der Waals surface area contributed by atoms with Crippen molar-refractivity contribution in [3.63, 3.8) is 0 Å². The first-order valence-electron chi connectivity index (χ1n) is 23.7. The molecule has 0 N–H and O–H groups in total. The van der Waals surface area contributed by atoms with E-state index in [0.29, 0.717) is 17.4 Å². The Morgan fingerprint density at radius 1 is 0.464 bits per heavy atom. The first-order valence-corrected chi connectivity index (χ1v) is 23.7. The molecule has 0 aromatic carbocycles. The van der Waals surface area contributed by atoms with Crippen molar-refractivity contribution in [3.8, 4) is 0 Å². The highest BCUT2D eigenvalue weighted by atomic mass is 16.7. The molecule has 0 saturated heterocycles. The van der Waals surface area contributed by atoms with Gasteiger partial charge in [0.25, 0.3) is 0 Å². The van der Waals surface area contributed by atoms with Gasteiger partial charge in [0, 0.05) is 12.8 Å². The van der Waals surface area contributed by atoms with Gasteiger partial charge in [0.1, 0.15) is 13.2 Å². The zero-order chi connectivity index (χ0) is 41.4. The van der Waals surface area contributed by atoms with Crippen molar-refractivity contribution in [2.45, 2.75) is 238 Å². The molecule has 0 amide bonds. The quantitative estimate of drug-likeness (QED) is 0.0259. The maximum absolute atomic E-state index is 12.7. The number of hydrogen-bond donors (Lipinski definition) is 0. The lowest BCUT2D eigenvalue weighted by atomic mass is 10.0. The highest BCUT2D eigenvalue weighted by molar-refractivity contribution is 5.70. The van der Waals surface area contributed by atoms with Crippen LogP contribution in [0.1, 0.15) is 226 Å². The van der Waals surface area contributed by atoms with Crippen LogP contribution in [0.5, 0.6) is 0 Å². The number of quaternary nitrogens is 1. The summed E-state index contributed by atoms with van der Waals surface area (Å²) in [5.74, 6) is -2.27. The van der Waals surface area contributed by atoms with E-state index >= 15 is 0 Å². The summed E-state index contributed by atoms with van der Waals surface area (Å²) in [5.41, 5.74) is 0. The van der Waals surface area contributed by atoms with Crippen LogP contribution < -0.4 is 5.11 Å². The maximum Gasteiger partial charge on any atom is 0.306 e. The van der Waals surface area contributed by atoms with Crippen LogP contribution in [-0.4, -0.2) is 82.3 Å². The lowest BCUT2D eigenvalue weighted by molar-refractivity contribution is -0.870. The number of carbonyl (C=O) groups excluding carboxylic acids is 3. The molecule has 0 aliphatic carbocycles. The molecular weight excluding hydrogens is 707 g/mol. The molecule has 0 aromatic rings. The summed E-state index contributed by atoms with van der Waals surface area (Å²) in [6.07, 6.45) is 37.3. The van der Waals surface area contributed by atoms with Crippen LogP contribution in [0.2, 0.25) is 0 Å². The summed E-state index contributed by atoms with van der Waals surface area (Å²) in [6.45, 7) is 4.74. The van der Waals surface area contributed by atoms with Gasteiger partial charge in [-0.3, -0.25) is 9.59 Å². The molecule has 0 aliphatic rings. The van der Waals surface area contributed by atoms with Crippen molar-refractivity contribution >= 4 is 17.9 Å². The average molecular weight is 798 g/mol. The number of esters is 2. The van der Waals surface area contributed by atoms with Crippen LogP contribution in [0.3, 0.4) is 0 Å². The number of aliphatic carboxylic acids is 1. The van der Waals surface area contributed by atoms with Gasteiger partial charge >= 0.3 is 11.9 Å². The molecule has 56 heavy (non-hydrogen) atoms. The fourth-order valence-corrected chi connectivity index (χ4v) is 6.89. The summed E-state index contributed by atoms with van der Waals surface area (Å²) < 4.78 is 22.5. The number of likely N-dealkylation sites (N-methyl/N-ethyl adjacent to an activating group) is 1. The Morgan fingerprint density at radius 3 is 1.14 bits per heavy atom. The lowest BCUT2D eigenvalue weighted by Gasteiger charge is -2.26. The molecule has 0 aromatic heterocycles. The lowest BCUT2D eigenvalue weighted by Crippen LogP contribution is -2.44. The molecule has 9 heteroatoms. The smallest absolute Gasteiger partial charge is 0.306 e. The van der Waals surface area contributed by atoms with Crippen LogP contribution >= 0.6 is 0 Å². The zero-order valence-electron chi connectivity index (χ0n) is 37.5. The van der Waals surface area contributed by atoms with Gasteiger partial charge in [0.2, 0.25) is 0 Å². The van der Waals surface area contributed by atoms with Gasteiger partial charge in [-0.15, -0.1) is 0 Å². The van der Waals surface area contributed by atoms with Gasteiger partial charge in [0.15, 0.2) is 12.4 Å². The topological polar surface area (TPSA) is 111 Å². The highest BCUT2D eigenvalue weighted by Crippen LogP contribution is 2.16. The number of carbonyl (C=O) groups is 3. The minimum atomic E-state index is -1.61. The number of carboxylic acid groups (broad SMARTS) is 1. The third kappa shape index (κ3) is 40.5. The van der Waals surface area contributed by atoms with Crippen molar-refractivity contribution in [1.82, 2.24) is 0 Å². The van der Waals surface area contributed by atoms with E-state index < -0.39 is 24.3 Å². The average Bonchev–Trinajstić information content (AvgIpc) is 3.15. The van der Waals surface area contributed by atoms with Crippen molar-refractivity contribution in [2.24, 2.45) is 0 Å². The molecule has 0 spiro atoms. The highest BCUT2D eigenvalue weighted by Gasteiger charge is 2.21. The Morgan fingerprint density at radius 2 is 0.804 bits per heavy atom. The first kappa shape index (κ1) is 54.3. The van der Waals surface area contributed by atoms with Crippen molar-refractivity contribution in [1.29, 1.82) is 0 Å². The van der Waals surface area contributed by atoms with Gasteiger partial charge in [0.05, 0.1) is 40.3 Å². The van der Waals surface area contributed by atoms with Gasteiger partial charge in [-0.25, -0.2) is 0 Å². The Kier molecular flexibility index (Phi) is 38.9.